The van der Waals surface area contributed by atoms with Gasteiger partial charge in [0.1, 0.15) is 0 Å². The number of thioether (sulfide) groups is 1. The zero-order valence-corrected chi connectivity index (χ0v) is 12.4. The number of amides is 1. The second kappa shape index (κ2) is 5.63. The molecule has 3 nitrogen and oxygen atoms in total. The quantitative estimate of drug-likeness (QED) is 0.850. The number of hydrogen-bond donors (Lipinski definition) is 0. The maximum absolute atomic E-state index is 12.5. The highest BCUT2D eigenvalue weighted by molar-refractivity contribution is 8.00. The van der Waals surface area contributed by atoms with Gasteiger partial charge in [0.05, 0.1) is 29.1 Å². The van der Waals surface area contributed by atoms with Crippen molar-refractivity contribution in [1.29, 1.82) is 5.26 Å². The van der Waals surface area contributed by atoms with Crippen molar-refractivity contribution < 1.29 is 4.79 Å². The molecule has 1 atom stereocenters. The molecule has 1 heterocycles. The van der Waals surface area contributed by atoms with E-state index in [1.165, 1.54) is 0 Å². The van der Waals surface area contributed by atoms with Gasteiger partial charge in [0.2, 0.25) is 5.91 Å². The Hall–Kier alpha value is -2.25. The summed E-state index contributed by atoms with van der Waals surface area (Å²) < 4.78 is 0. The van der Waals surface area contributed by atoms with Gasteiger partial charge in [-0.15, -0.1) is 11.8 Å². The number of rotatable bonds is 2. The molecule has 4 heteroatoms. The summed E-state index contributed by atoms with van der Waals surface area (Å²) in [6.07, 6.45) is 0. The van der Waals surface area contributed by atoms with Crippen molar-refractivity contribution in [2.45, 2.75) is 23.6 Å². The van der Waals surface area contributed by atoms with Crippen LogP contribution in [-0.2, 0) is 11.3 Å². The molecule has 0 aliphatic carbocycles. The maximum Gasteiger partial charge on any atom is 0.240 e. The van der Waals surface area contributed by atoms with Crippen LogP contribution in [0.15, 0.2) is 53.4 Å². The fourth-order valence-corrected chi connectivity index (χ4v) is 3.52. The van der Waals surface area contributed by atoms with Crippen molar-refractivity contribution in [2.75, 3.05) is 4.90 Å². The number of carbonyl (C=O) groups excluding carboxylic acids is 1. The van der Waals surface area contributed by atoms with Crippen LogP contribution in [0, 0.1) is 11.3 Å². The molecule has 0 aromatic heterocycles. The van der Waals surface area contributed by atoms with E-state index in [4.69, 9.17) is 0 Å². The number of nitriles is 1. The number of benzene rings is 2. The summed E-state index contributed by atoms with van der Waals surface area (Å²) in [7, 11) is 0. The van der Waals surface area contributed by atoms with E-state index in [0.717, 1.165) is 16.1 Å². The number of anilines is 1. The van der Waals surface area contributed by atoms with E-state index in [1.54, 1.807) is 22.7 Å². The van der Waals surface area contributed by atoms with Gasteiger partial charge in [0, 0.05) is 4.90 Å². The monoisotopic (exact) mass is 294 g/mol. The zero-order chi connectivity index (χ0) is 14.8. The third kappa shape index (κ3) is 2.53. The number of fused-ring (bicyclic) bond motifs is 1. The molecule has 0 radical (unpaired) electrons. The number of para-hydroxylation sites is 1. The molecule has 3 rings (SSSR count). The lowest BCUT2D eigenvalue weighted by Gasteiger charge is -2.32. The third-order valence-corrected chi connectivity index (χ3v) is 4.69. The van der Waals surface area contributed by atoms with E-state index < -0.39 is 0 Å². The number of hydrogen-bond acceptors (Lipinski definition) is 3. The van der Waals surface area contributed by atoms with Crippen molar-refractivity contribution in [3.63, 3.8) is 0 Å². The molecule has 0 saturated carbocycles. The Balaban J connectivity index is 2.01. The number of nitrogens with zero attached hydrogens (tertiary/aromatic N) is 2. The third-order valence-electron chi connectivity index (χ3n) is 3.54. The molecule has 0 fully saturated rings. The molecule has 2 aromatic carbocycles. The Morgan fingerprint density at radius 1 is 1.19 bits per heavy atom. The van der Waals surface area contributed by atoms with Crippen LogP contribution in [-0.4, -0.2) is 11.2 Å². The summed E-state index contributed by atoms with van der Waals surface area (Å²) in [6.45, 7) is 2.36. The van der Waals surface area contributed by atoms with Crippen molar-refractivity contribution in [1.82, 2.24) is 0 Å². The lowest BCUT2D eigenvalue weighted by molar-refractivity contribution is -0.118. The van der Waals surface area contributed by atoms with Crippen molar-refractivity contribution in [3.8, 4) is 6.07 Å². The molecule has 1 amide bonds. The van der Waals surface area contributed by atoms with E-state index in [0.29, 0.717) is 12.1 Å². The SMILES string of the molecule is CC1Sc2ccccc2N(Cc2ccccc2C#N)C1=O. The second-order valence-corrected chi connectivity index (χ2v) is 6.30. The fourth-order valence-electron chi connectivity index (χ4n) is 2.46. The summed E-state index contributed by atoms with van der Waals surface area (Å²) >= 11 is 1.59. The molecule has 0 N–H and O–H groups in total. The Morgan fingerprint density at radius 2 is 1.90 bits per heavy atom. The van der Waals surface area contributed by atoms with Crippen molar-refractivity contribution >= 4 is 23.4 Å². The van der Waals surface area contributed by atoms with E-state index >= 15 is 0 Å². The molecule has 104 valence electrons. The van der Waals surface area contributed by atoms with Crippen LogP contribution in [0.5, 0.6) is 0 Å². The molecule has 1 aliphatic heterocycles. The molecule has 1 unspecified atom stereocenters. The van der Waals surface area contributed by atoms with Crippen molar-refractivity contribution in [3.05, 3.63) is 59.7 Å². The highest BCUT2D eigenvalue weighted by Gasteiger charge is 2.30. The van der Waals surface area contributed by atoms with E-state index in [1.807, 2.05) is 49.4 Å². The lowest BCUT2D eigenvalue weighted by Crippen LogP contribution is -2.39. The highest BCUT2D eigenvalue weighted by atomic mass is 32.2. The normalized spacial score (nSPS) is 17.2. The van der Waals surface area contributed by atoms with Crippen LogP contribution < -0.4 is 4.90 Å². The molecule has 0 bridgehead atoms. The Kier molecular flexibility index (Phi) is 3.68. The Morgan fingerprint density at radius 3 is 2.71 bits per heavy atom. The molecule has 1 aliphatic rings. The molecular weight excluding hydrogens is 280 g/mol. The second-order valence-electron chi connectivity index (χ2n) is 4.92. The first-order chi connectivity index (χ1) is 10.2. The van der Waals surface area contributed by atoms with Crippen LogP contribution >= 0.6 is 11.8 Å². The van der Waals surface area contributed by atoms with Crippen LogP contribution in [0.25, 0.3) is 0 Å². The summed E-state index contributed by atoms with van der Waals surface area (Å²) in [5, 5.41) is 9.10. The average Bonchev–Trinajstić information content (AvgIpc) is 2.52. The molecule has 0 saturated heterocycles. The van der Waals surface area contributed by atoms with Crippen LogP contribution in [0.4, 0.5) is 5.69 Å². The summed E-state index contributed by atoms with van der Waals surface area (Å²) in [5.41, 5.74) is 2.43. The largest absolute Gasteiger partial charge is 0.306 e. The lowest BCUT2D eigenvalue weighted by atomic mass is 10.1. The topological polar surface area (TPSA) is 44.1 Å². The standard InChI is InChI=1S/C17H14N2OS/c1-12-17(20)19(15-8-4-5-9-16(15)21-12)11-14-7-3-2-6-13(14)10-18/h2-9,12H,11H2,1H3. The van der Waals surface area contributed by atoms with Crippen LogP contribution in [0.1, 0.15) is 18.1 Å². The minimum absolute atomic E-state index is 0.0893. The first-order valence-electron chi connectivity index (χ1n) is 6.76. The summed E-state index contributed by atoms with van der Waals surface area (Å²) in [4.78, 5) is 15.4. The highest BCUT2D eigenvalue weighted by Crippen LogP contribution is 2.39. The minimum Gasteiger partial charge on any atom is -0.306 e. The molecule has 2 aromatic rings. The zero-order valence-electron chi connectivity index (χ0n) is 11.6. The van der Waals surface area contributed by atoms with Crippen LogP contribution in [0.3, 0.4) is 0 Å². The predicted octanol–water partition coefficient (Wildman–Crippen LogP) is 3.59. The van der Waals surface area contributed by atoms with E-state index in [2.05, 4.69) is 6.07 Å². The van der Waals surface area contributed by atoms with Gasteiger partial charge in [-0.2, -0.15) is 5.26 Å². The average molecular weight is 294 g/mol. The van der Waals surface area contributed by atoms with Gasteiger partial charge in [-0.25, -0.2) is 0 Å². The van der Waals surface area contributed by atoms with Gasteiger partial charge in [0.25, 0.3) is 0 Å². The minimum atomic E-state index is -0.103. The fraction of sp³-hybridized carbons (Fsp3) is 0.176. The van der Waals surface area contributed by atoms with Crippen molar-refractivity contribution in [2.24, 2.45) is 0 Å². The summed E-state index contributed by atoms with van der Waals surface area (Å²) in [5.74, 6) is 0.0893. The smallest absolute Gasteiger partial charge is 0.240 e. The van der Waals surface area contributed by atoms with Gasteiger partial charge in [-0.1, -0.05) is 30.3 Å². The van der Waals surface area contributed by atoms with Gasteiger partial charge >= 0.3 is 0 Å². The first-order valence-corrected chi connectivity index (χ1v) is 7.63. The Labute approximate surface area is 128 Å². The first kappa shape index (κ1) is 13.7. The summed E-state index contributed by atoms with van der Waals surface area (Å²) in [6, 6.07) is 17.5. The molecule has 0 spiro atoms. The van der Waals surface area contributed by atoms with Crippen LogP contribution in [0.2, 0.25) is 0 Å². The van der Waals surface area contributed by atoms with Gasteiger partial charge < -0.3 is 4.90 Å². The van der Waals surface area contributed by atoms with E-state index in [9.17, 15) is 10.1 Å². The Bertz CT molecular complexity index is 736. The molecule has 21 heavy (non-hydrogen) atoms. The van der Waals surface area contributed by atoms with Gasteiger partial charge in [-0.05, 0) is 30.7 Å². The maximum atomic E-state index is 12.5. The predicted molar refractivity (Wildman–Crippen MR) is 84.1 cm³/mol. The van der Waals surface area contributed by atoms with E-state index in [-0.39, 0.29) is 11.2 Å². The number of carbonyl (C=O) groups is 1. The van der Waals surface area contributed by atoms with Gasteiger partial charge in [0.15, 0.2) is 0 Å². The van der Waals surface area contributed by atoms with Gasteiger partial charge in [-0.3, -0.25) is 4.79 Å². The molecular formula is C17H14N2OS.